The Bertz CT molecular complexity index is 832. The molecule has 0 saturated carbocycles. The van der Waals surface area contributed by atoms with Crippen molar-refractivity contribution in [3.05, 3.63) is 29.3 Å². The first-order chi connectivity index (χ1) is 14.5. The van der Waals surface area contributed by atoms with Crippen LogP contribution in [0, 0.1) is 11.8 Å². The van der Waals surface area contributed by atoms with Crippen LogP contribution in [0.3, 0.4) is 0 Å². The Labute approximate surface area is 177 Å². The number of benzene rings is 1. The van der Waals surface area contributed by atoms with E-state index >= 15 is 0 Å². The molecule has 3 aliphatic heterocycles. The third kappa shape index (κ3) is 4.08. The summed E-state index contributed by atoms with van der Waals surface area (Å²) < 4.78 is 5.64. The molecule has 0 unspecified atom stereocenters. The maximum absolute atomic E-state index is 13.2. The fraction of sp³-hybridized carbons (Fsp3) is 0.609. The van der Waals surface area contributed by atoms with Gasteiger partial charge in [-0.3, -0.25) is 19.3 Å². The smallest absolute Gasteiger partial charge is 0.263 e. The van der Waals surface area contributed by atoms with Crippen LogP contribution in [0.5, 0.6) is 0 Å². The lowest BCUT2D eigenvalue weighted by Crippen LogP contribution is -2.44. The van der Waals surface area contributed by atoms with Crippen LogP contribution in [0.2, 0.25) is 0 Å². The number of carbonyl (C=O) groups is 3. The number of hydrogen-bond donors (Lipinski definition) is 1. The predicted molar refractivity (Wildman–Crippen MR) is 114 cm³/mol. The summed E-state index contributed by atoms with van der Waals surface area (Å²) in [6.45, 7) is 7.16. The molecule has 1 N–H and O–H groups in total. The van der Waals surface area contributed by atoms with Crippen molar-refractivity contribution in [2.24, 2.45) is 11.8 Å². The first-order valence-electron chi connectivity index (χ1n) is 11.1. The normalized spacial score (nSPS) is 24.0. The van der Waals surface area contributed by atoms with Gasteiger partial charge in [-0.2, -0.15) is 0 Å². The number of ether oxygens (including phenoxy) is 1. The molecule has 1 aromatic carbocycles. The quantitative estimate of drug-likeness (QED) is 0.725. The Kier molecular flexibility index (Phi) is 6.09. The van der Waals surface area contributed by atoms with Crippen LogP contribution in [-0.2, 0) is 9.53 Å². The molecule has 0 aliphatic carbocycles. The largest absolute Gasteiger partial charge is 0.376 e. The van der Waals surface area contributed by atoms with Gasteiger partial charge in [0.2, 0.25) is 5.91 Å². The number of nitrogens with zero attached hydrogens (tertiary/aromatic N) is 2. The number of hydrogen-bond acceptors (Lipinski definition) is 5. The number of carbonyl (C=O) groups excluding carboxylic acids is 3. The number of imide groups is 1. The Morgan fingerprint density at radius 3 is 2.77 bits per heavy atom. The van der Waals surface area contributed by atoms with E-state index in [-0.39, 0.29) is 29.7 Å². The molecule has 7 heteroatoms. The Morgan fingerprint density at radius 1 is 1.20 bits per heavy atom. The topological polar surface area (TPSA) is 79.0 Å². The van der Waals surface area contributed by atoms with Crippen molar-refractivity contribution in [3.63, 3.8) is 0 Å². The van der Waals surface area contributed by atoms with Crippen molar-refractivity contribution in [2.75, 3.05) is 37.7 Å². The maximum Gasteiger partial charge on any atom is 0.263 e. The van der Waals surface area contributed by atoms with E-state index in [9.17, 15) is 14.4 Å². The molecular weight excluding hydrogens is 382 g/mol. The predicted octanol–water partition coefficient (Wildman–Crippen LogP) is 2.45. The van der Waals surface area contributed by atoms with Crippen LogP contribution in [0.1, 0.15) is 60.2 Å². The Morgan fingerprint density at radius 2 is 2.03 bits per heavy atom. The van der Waals surface area contributed by atoms with Gasteiger partial charge in [0.25, 0.3) is 11.8 Å². The lowest BCUT2D eigenvalue weighted by Gasteiger charge is -2.34. The summed E-state index contributed by atoms with van der Waals surface area (Å²) in [4.78, 5) is 42.1. The molecule has 2 fully saturated rings. The van der Waals surface area contributed by atoms with Gasteiger partial charge in [0.1, 0.15) is 0 Å². The van der Waals surface area contributed by atoms with E-state index in [1.165, 1.54) is 4.90 Å². The molecule has 3 amide bonds. The van der Waals surface area contributed by atoms with E-state index in [0.717, 1.165) is 37.9 Å². The van der Waals surface area contributed by atoms with Gasteiger partial charge in [0.15, 0.2) is 0 Å². The van der Waals surface area contributed by atoms with Crippen molar-refractivity contribution >= 4 is 23.4 Å². The number of piperidine rings is 1. The molecule has 30 heavy (non-hydrogen) atoms. The molecule has 0 spiro atoms. The summed E-state index contributed by atoms with van der Waals surface area (Å²) in [6, 6.07) is 5.46. The number of amides is 3. The van der Waals surface area contributed by atoms with Crippen molar-refractivity contribution in [3.8, 4) is 0 Å². The van der Waals surface area contributed by atoms with Gasteiger partial charge in [0.05, 0.1) is 35.4 Å². The van der Waals surface area contributed by atoms with Gasteiger partial charge in [-0.1, -0.05) is 19.9 Å². The summed E-state index contributed by atoms with van der Waals surface area (Å²) in [5, 5.41) is 3.03. The van der Waals surface area contributed by atoms with Gasteiger partial charge >= 0.3 is 0 Å². The van der Waals surface area contributed by atoms with Crippen LogP contribution >= 0.6 is 0 Å². The zero-order chi connectivity index (χ0) is 21.3. The molecule has 1 aromatic rings. The molecule has 0 bridgehead atoms. The van der Waals surface area contributed by atoms with E-state index in [0.29, 0.717) is 43.3 Å². The Hall–Kier alpha value is -2.41. The molecule has 7 nitrogen and oxygen atoms in total. The standard InChI is InChI=1S/C23H31N3O4/c1-15(2)12-24-21(27)16-6-4-10-25(13-16)19-9-3-8-18-20(19)23(29)26(22(18)28)14-17-7-5-11-30-17/h3,8-9,15-17H,4-7,10-14H2,1-2H3,(H,24,27)/t16-,17-/m1/s1. The molecule has 162 valence electrons. The number of fused-ring (bicyclic) bond motifs is 1. The monoisotopic (exact) mass is 413 g/mol. The van der Waals surface area contributed by atoms with Crippen LogP contribution in [0.15, 0.2) is 18.2 Å². The highest BCUT2D eigenvalue weighted by atomic mass is 16.5. The molecular formula is C23H31N3O4. The Balaban J connectivity index is 1.52. The van der Waals surface area contributed by atoms with Crippen molar-refractivity contribution in [1.29, 1.82) is 0 Å². The average Bonchev–Trinajstić information content (AvgIpc) is 3.35. The van der Waals surface area contributed by atoms with E-state index in [4.69, 9.17) is 4.74 Å². The van der Waals surface area contributed by atoms with Gasteiger partial charge in [-0.25, -0.2) is 0 Å². The minimum atomic E-state index is -0.243. The fourth-order valence-electron chi connectivity index (χ4n) is 4.60. The highest BCUT2D eigenvalue weighted by Gasteiger charge is 2.40. The molecule has 4 rings (SSSR count). The summed E-state index contributed by atoms with van der Waals surface area (Å²) in [5.41, 5.74) is 1.70. The maximum atomic E-state index is 13.2. The van der Waals surface area contributed by atoms with E-state index < -0.39 is 0 Å². The molecule has 0 aromatic heterocycles. The highest BCUT2D eigenvalue weighted by Crippen LogP contribution is 2.34. The molecule has 3 heterocycles. The number of rotatable bonds is 6. The van der Waals surface area contributed by atoms with Crippen LogP contribution in [0.25, 0.3) is 0 Å². The van der Waals surface area contributed by atoms with Crippen molar-refractivity contribution in [1.82, 2.24) is 10.2 Å². The lowest BCUT2D eigenvalue weighted by molar-refractivity contribution is -0.125. The second kappa shape index (κ2) is 8.76. The van der Waals surface area contributed by atoms with E-state index in [1.807, 2.05) is 12.1 Å². The first-order valence-corrected chi connectivity index (χ1v) is 11.1. The van der Waals surface area contributed by atoms with Crippen molar-refractivity contribution < 1.29 is 19.1 Å². The summed E-state index contributed by atoms with van der Waals surface area (Å²) in [6.07, 6.45) is 3.49. The second-order valence-corrected chi connectivity index (χ2v) is 8.98. The zero-order valence-corrected chi connectivity index (χ0v) is 17.9. The molecule has 2 saturated heterocycles. The SMILES string of the molecule is CC(C)CNC(=O)[C@@H]1CCCN(c2cccc3c2C(=O)N(C[C@H]2CCCO2)C3=O)C1. The van der Waals surface area contributed by atoms with Gasteiger partial charge < -0.3 is 15.0 Å². The van der Waals surface area contributed by atoms with Gasteiger partial charge in [0, 0.05) is 26.2 Å². The summed E-state index contributed by atoms with van der Waals surface area (Å²) in [7, 11) is 0. The fourth-order valence-corrected chi connectivity index (χ4v) is 4.60. The highest BCUT2D eigenvalue weighted by molar-refractivity contribution is 6.23. The van der Waals surface area contributed by atoms with E-state index in [1.54, 1.807) is 6.07 Å². The minimum Gasteiger partial charge on any atom is -0.376 e. The summed E-state index contributed by atoms with van der Waals surface area (Å²) >= 11 is 0. The number of nitrogens with one attached hydrogen (secondary N) is 1. The third-order valence-corrected chi connectivity index (χ3v) is 6.20. The van der Waals surface area contributed by atoms with Crippen molar-refractivity contribution in [2.45, 2.75) is 45.6 Å². The first kappa shape index (κ1) is 20.8. The second-order valence-electron chi connectivity index (χ2n) is 8.98. The van der Waals surface area contributed by atoms with Crippen LogP contribution in [-0.4, -0.2) is 61.5 Å². The summed E-state index contributed by atoms with van der Waals surface area (Å²) in [5.74, 6) is -0.112. The molecule has 0 radical (unpaired) electrons. The van der Waals surface area contributed by atoms with Gasteiger partial charge in [-0.15, -0.1) is 0 Å². The van der Waals surface area contributed by atoms with E-state index in [2.05, 4.69) is 24.1 Å². The number of anilines is 1. The zero-order valence-electron chi connectivity index (χ0n) is 17.9. The third-order valence-electron chi connectivity index (χ3n) is 6.20. The average molecular weight is 414 g/mol. The lowest BCUT2D eigenvalue weighted by atomic mass is 9.95. The van der Waals surface area contributed by atoms with Gasteiger partial charge in [-0.05, 0) is 43.7 Å². The van der Waals surface area contributed by atoms with Crippen LogP contribution in [0.4, 0.5) is 5.69 Å². The minimum absolute atomic E-state index is 0.0697. The molecule has 3 aliphatic rings. The van der Waals surface area contributed by atoms with Crippen LogP contribution < -0.4 is 10.2 Å². The molecule has 2 atom stereocenters.